The monoisotopic (exact) mass is 400 g/mol. The molecule has 0 saturated carbocycles. The summed E-state index contributed by atoms with van der Waals surface area (Å²) in [4.78, 5) is 17.7. The lowest BCUT2D eigenvalue weighted by Crippen LogP contribution is -2.29. The number of carboxylic acid groups (broad SMARTS) is 1. The number of thiazole rings is 1. The van der Waals surface area contributed by atoms with Crippen LogP contribution in [0.3, 0.4) is 0 Å². The Morgan fingerprint density at radius 3 is 2.10 bits per heavy atom. The van der Waals surface area contributed by atoms with Crippen LogP contribution in [-0.2, 0) is 11.2 Å². The molecular formula is C24H20N2O2S. The summed E-state index contributed by atoms with van der Waals surface area (Å²) in [6.07, 6.45) is 0.384. The number of hydrogen-bond acceptors (Lipinski definition) is 3. The fourth-order valence-electron chi connectivity index (χ4n) is 3.26. The van der Waals surface area contributed by atoms with Gasteiger partial charge in [0, 0.05) is 11.8 Å². The smallest absolute Gasteiger partial charge is 0.327 e. The predicted octanol–water partition coefficient (Wildman–Crippen LogP) is 5.32. The second kappa shape index (κ2) is 8.71. The Bertz CT molecular complexity index is 1150. The van der Waals surface area contributed by atoms with E-state index in [2.05, 4.69) is 0 Å². The lowest BCUT2D eigenvalue weighted by Gasteiger charge is -2.18. The summed E-state index contributed by atoms with van der Waals surface area (Å²) in [7, 11) is 0. The van der Waals surface area contributed by atoms with Gasteiger partial charge in [0.25, 0.3) is 0 Å². The van der Waals surface area contributed by atoms with Crippen LogP contribution in [0.4, 0.5) is 5.69 Å². The van der Waals surface area contributed by atoms with E-state index in [-0.39, 0.29) is 0 Å². The average Bonchev–Trinajstić information content (AvgIpc) is 3.17. The number of nitrogens with zero attached hydrogens (tertiary/aromatic N) is 2. The van der Waals surface area contributed by atoms with Gasteiger partial charge in [0.15, 0.2) is 4.80 Å². The Kier molecular flexibility index (Phi) is 5.68. The molecule has 0 amide bonds. The van der Waals surface area contributed by atoms with E-state index >= 15 is 0 Å². The normalized spacial score (nSPS) is 12.6. The van der Waals surface area contributed by atoms with Gasteiger partial charge in [-0.25, -0.2) is 9.79 Å². The second-order valence-electron chi connectivity index (χ2n) is 6.63. The van der Waals surface area contributed by atoms with Gasteiger partial charge >= 0.3 is 5.97 Å². The summed E-state index contributed by atoms with van der Waals surface area (Å²) < 4.78 is 1.85. The molecule has 4 rings (SSSR count). The second-order valence-corrected chi connectivity index (χ2v) is 7.47. The number of carbonyl (C=O) groups is 1. The summed E-state index contributed by atoms with van der Waals surface area (Å²) in [6, 6.07) is 28.4. The first-order valence-electron chi connectivity index (χ1n) is 9.34. The van der Waals surface area contributed by atoms with Crippen molar-refractivity contribution in [2.24, 2.45) is 4.99 Å². The van der Waals surface area contributed by atoms with Crippen molar-refractivity contribution in [1.29, 1.82) is 0 Å². The van der Waals surface area contributed by atoms with Crippen LogP contribution in [0.15, 0.2) is 101 Å². The molecule has 1 atom stereocenters. The topological polar surface area (TPSA) is 54.6 Å². The number of benzene rings is 3. The van der Waals surface area contributed by atoms with Gasteiger partial charge in [0.05, 0.1) is 11.4 Å². The molecule has 1 heterocycles. The third-order valence-electron chi connectivity index (χ3n) is 4.66. The lowest BCUT2D eigenvalue weighted by atomic mass is 10.0. The molecular weight excluding hydrogens is 380 g/mol. The molecule has 0 unspecified atom stereocenters. The Balaban J connectivity index is 1.89. The third kappa shape index (κ3) is 4.36. The highest BCUT2D eigenvalue weighted by molar-refractivity contribution is 7.07. The molecule has 1 aromatic heterocycles. The van der Waals surface area contributed by atoms with Crippen LogP contribution in [0, 0.1) is 0 Å². The van der Waals surface area contributed by atoms with Crippen molar-refractivity contribution in [3.63, 3.8) is 0 Å². The molecule has 5 heteroatoms. The number of aromatic nitrogens is 1. The largest absolute Gasteiger partial charge is 0.480 e. The van der Waals surface area contributed by atoms with E-state index in [0.717, 1.165) is 22.5 Å². The van der Waals surface area contributed by atoms with E-state index in [4.69, 9.17) is 4.99 Å². The van der Waals surface area contributed by atoms with Crippen molar-refractivity contribution in [3.05, 3.63) is 107 Å². The van der Waals surface area contributed by atoms with E-state index in [9.17, 15) is 9.90 Å². The van der Waals surface area contributed by atoms with Crippen molar-refractivity contribution in [2.75, 3.05) is 0 Å². The van der Waals surface area contributed by atoms with Gasteiger partial charge in [0.2, 0.25) is 0 Å². The van der Waals surface area contributed by atoms with Crippen LogP contribution < -0.4 is 4.80 Å². The van der Waals surface area contributed by atoms with E-state index in [1.165, 1.54) is 11.3 Å². The molecule has 0 aliphatic rings. The maximum atomic E-state index is 12.3. The van der Waals surface area contributed by atoms with Crippen LogP contribution in [0.1, 0.15) is 11.6 Å². The van der Waals surface area contributed by atoms with Crippen molar-refractivity contribution in [3.8, 4) is 11.3 Å². The van der Waals surface area contributed by atoms with Crippen molar-refractivity contribution in [1.82, 2.24) is 4.57 Å². The highest BCUT2D eigenvalue weighted by Crippen LogP contribution is 2.26. The maximum Gasteiger partial charge on any atom is 0.327 e. The highest BCUT2D eigenvalue weighted by Gasteiger charge is 2.24. The van der Waals surface area contributed by atoms with E-state index in [1.54, 1.807) is 0 Å². The average molecular weight is 401 g/mol. The van der Waals surface area contributed by atoms with E-state index < -0.39 is 12.0 Å². The Morgan fingerprint density at radius 2 is 1.48 bits per heavy atom. The minimum absolute atomic E-state index is 0.384. The van der Waals surface area contributed by atoms with E-state index in [0.29, 0.717) is 11.2 Å². The quantitative estimate of drug-likeness (QED) is 0.476. The molecule has 0 spiro atoms. The Hall–Kier alpha value is -3.44. The summed E-state index contributed by atoms with van der Waals surface area (Å²) in [5, 5.41) is 12.1. The molecule has 0 radical (unpaired) electrons. The fraction of sp³-hybridized carbons (Fsp3) is 0.0833. The summed E-state index contributed by atoms with van der Waals surface area (Å²) in [6.45, 7) is 0. The standard InChI is InChI=1S/C24H20N2O2S/c27-23(28)21(16-18-10-4-1-5-11-18)26-22(19-12-6-2-7-13-19)17-29-24(26)25-20-14-8-3-9-15-20/h1-15,17,21H,16H2,(H,27,28)/t21-/m0/s1. The zero-order valence-corrected chi connectivity index (χ0v) is 16.5. The molecule has 0 aliphatic carbocycles. The molecule has 0 aliphatic heterocycles. The van der Waals surface area contributed by atoms with Crippen LogP contribution in [-0.4, -0.2) is 15.6 Å². The van der Waals surface area contributed by atoms with Crippen LogP contribution in [0.25, 0.3) is 11.3 Å². The van der Waals surface area contributed by atoms with Gasteiger partial charge < -0.3 is 9.67 Å². The molecule has 4 aromatic rings. The first kappa shape index (κ1) is 18.9. The minimum atomic E-state index is -0.876. The zero-order chi connectivity index (χ0) is 20.1. The first-order chi connectivity index (χ1) is 14.2. The van der Waals surface area contributed by atoms with Crippen LogP contribution >= 0.6 is 11.3 Å². The third-order valence-corrected chi connectivity index (χ3v) is 5.50. The van der Waals surface area contributed by atoms with E-state index in [1.807, 2.05) is 101 Å². The lowest BCUT2D eigenvalue weighted by molar-refractivity contribution is -0.140. The number of hydrogen-bond donors (Lipinski definition) is 1. The number of aliphatic carboxylic acids is 1. The Morgan fingerprint density at radius 1 is 0.897 bits per heavy atom. The van der Waals surface area contributed by atoms with Crippen molar-refractivity contribution >= 4 is 23.0 Å². The van der Waals surface area contributed by atoms with Crippen LogP contribution in [0.2, 0.25) is 0 Å². The van der Waals surface area contributed by atoms with Gasteiger partial charge in [-0.15, -0.1) is 11.3 Å². The van der Waals surface area contributed by atoms with Gasteiger partial charge in [0.1, 0.15) is 6.04 Å². The van der Waals surface area contributed by atoms with Gasteiger partial charge in [-0.1, -0.05) is 78.9 Å². The van der Waals surface area contributed by atoms with Gasteiger partial charge in [-0.2, -0.15) is 0 Å². The van der Waals surface area contributed by atoms with Crippen molar-refractivity contribution < 1.29 is 9.90 Å². The predicted molar refractivity (Wildman–Crippen MR) is 116 cm³/mol. The first-order valence-corrected chi connectivity index (χ1v) is 10.2. The molecule has 3 aromatic carbocycles. The zero-order valence-electron chi connectivity index (χ0n) is 15.7. The molecule has 0 saturated heterocycles. The number of rotatable bonds is 6. The molecule has 29 heavy (non-hydrogen) atoms. The number of carboxylic acids is 1. The summed E-state index contributed by atoms with van der Waals surface area (Å²) in [5.41, 5.74) is 3.60. The maximum absolute atomic E-state index is 12.3. The molecule has 4 nitrogen and oxygen atoms in total. The van der Waals surface area contributed by atoms with Gasteiger partial charge in [-0.3, -0.25) is 0 Å². The number of para-hydroxylation sites is 1. The fourth-order valence-corrected chi connectivity index (χ4v) is 4.23. The molecule has 1 N–H and O–H groups in total. The summed E-state index contributed by atoms with van der Waals surface area (Å²) >= 11 is 1.46. The molecule has 144 valence electrons. The summed E-state index contributed by atoms with van der Waals surface area (Å²) in [5.74, 6) is -0.876. The van der Waals surface area contributed by atoms with Crippen LogP contribution in [0.5, 0.6) is 0 Å². The Labute approximate surface area is 173 Å². The molecule has 0 fully saturated rings. The minimum Gasteiger partial charge on any atom is -0.480 e. The SMILES string of the molecule is O=C(O)[C@H](Cc1ccccc1)n1c(-c2ccccc2)csc1=Nc1ccccc1. The van der Waals surface area contributed by atoms with Crippen molar-refractivity contribution in [2.45, 2.75) is 12.5 Å². The molecule has 0 bridgehead atoms. The highest BCUT2D eigenvalue weighted by atomic mass is 32.1. The van der Waals surface area contributed by atoms with Gasteiger partial charge in [-0.05, 0) is 23.3 Å².